The van der Waals surface area contributed by atoms with Gasteiger partial charge in [-0.1, -0.05) is 18.2 Å². The molecule has 1 heterocycles. The quantitative estimate of drug-likeness (QED) is 0.742. The van der Waals surface area contributed by atoms with E-state index in [1.54, 1.807) is 6.20 Å². The zero-order valence-electron chi connectivity index (χ0n) is 7.85. The number of nitrogens with zero attached hydrogens (tertiary/aromatic N) is 1. The highest BCUT2D eigenvalue weighted by Gasteiger charge is 2.06. The van der Waals surface area contributed by atoms with Crippen LogP contribution in [0, 0.1) is 0 Å². The monoisotopic (exact) mass is 187 g/mol. The second kappa shape index (κ2) is 3.74. The van der Waals surface area contributed by atoms with E-state index in [0.29, 0.717) is 6.54 Å². The van der Waals surface area contributed by atoms with Crippen LogP contribution in [0.3, 0.4) is 0 Å². The van der Waals surface area contributed by atoms with Gasteiger partial charge in [0.1, 0.15) is 0 Å². The highest BCUT2D eigenvalue weighted by molar-refractivity contribution is 5.85. The lowest BCUT2D eigenvalue weighted by Crippen LogP contribution is -2.20. The molecule has 0 radical (unpaired) electrons. The van der Waals surface area contributed by atoms with E-state index in [1.165, 1.54) is 0 Å². The van der Waals surface area contributed by atoms with Gasteiger partial charge >= 0.3 is 0 Å². The highest BCUT2D eigenvalue weighted by atomic mass is 14.7. The van der Waals surface area contributed by atoms with Gasteiger partial charge in [0.05, 0.1) is 0 Å². The Morgan fingerprint density at radius 1 is 1.29 bits per heavy atom. The molecule has 0 aliphatic rings. The van der Waals surface area contributed by atoms with Gasteiger partial charge in [0.2, 0.25) is 0 Å². The summed E-state index contributed by atoms with van der Waals surface area (Å²) in [4.78, 5) is 4.07. The van der Waals surface area contributed by atoms with Gasteiger partial charge in [0.25, 0.3) is 0 Å². The van der Waals surface area contributed by atoms with Gasteiger partial charge in [-0.05, 0) is 17.0 Å². The standard InChI is InChI=1S/C11H13N3/c12-6-11(13)10-3-1-2-8-7-14-5-4-9(8)10/h1-5,7,11H,6,12-13H2/t11-/m0/s1. The molecule has 4 N–H and O–H groups in total. The van der Waals surface area contributed by atoms with Crippen LogP contribution in [0.25, 0.3) is 10.8 Å². The zero-order chi connectivity index (χ0) is 9.97. The molecule has 3 nitrogen and oxygen atoms in total. The minimum Gasteiger partial charge on any atom is -0.329 e. The Labute approximate surface area is 82.7 Å². The molecule has 2 aromatic rings. The molecule has 1 aromatic heterocycles. The average molecular weight is 187 g/mol. The molecule has 3 heteroatoms. The third kappa shape index (κ3) is 1.47. The molecule has 0 aliphatic heterocycles. The average Bonchev–Trinajstić information content (AvgIpc) is 2.27. The number of hydrogen-bond acceptors (Lipinski definition) is 3. The van der Waals surface area contributed by atoms with Crippen molar-refractivity contribution in [3.8, 4) is 0 Å². The molecule has 72 valence electrons. The highest BCUT2D eigenvalue weighted by Crippen LogP contribution is 2.21. The predicted octanol–water partition coefficient (Wildman–Crippen LogP) is 1.19. The van der Waals surface area contributed by atoms with Crippen LogP contribution >= 0.6 is 0 Å². The van der Waals surface area contributed by atoms with Crippen molar-refractivity contribution < 1.29 is 0 Å². The van der Waals surface area contributed by atoms with Crippen LogP contribution in [0.1, 0.15) is 11.6 Å². The van der Waals surface area contributed by atoms with Gasteiger partial charge in [0.15, 0.2) is 0 Å². The van der Waals surface area contributed by atoms with Crippen molar-refractivity contribution in [3.05, 3.63) is 42.2 Å². The van der Waals surface area contributed by atoms with Crippen LogP contribution in [0.15, 0.2) is 36.7 Å². The first-order chi connectivity index (χ1) is 6.83. The van der Waals surface area contributed by atoms with Gasteiger partial charge in [0, 0.05) is 30.4 Å². The zero-order valence-corrected chi connectivity index (χ0v) is 7.85. The first-order valence-corrected chi connectivity index (χ1v) is 4.61. The van der Waals surface area contributed by atoms with Crippen LogP contribution in [-0.2, 0) is 0 Å². The van der Waals surface area contributed by atoms with Crippen molar-refractivity contribution in [2.24, 2.45) is 11.5 Å². The molecule has 2 rings (SSSR count). The second-order valence-corrected chi connectivity index (χ2v) is 3.29. The fraction of sp³-hybridized carbons (Fsp3) is 0.182. The van der Waals surface area contributed by atoms with Crippen LogP contribution < -0.4 is 11.5 Å². The van der Waals surface area contributed by atoms with Crippen LogP contribution in [0.4, 0.5) is 0 Å². The van der Waals surface area contributed by atoms with Crippen LogP contribution in [0.2, 0.25) is 0 Å². The topological polar surface area (TPSA) is 64.9 Å². The molecule has 0 amide bonds. The van der Waals surface area contributed by atoms with Gasteiger partial charge < -0.3 is 11.5 Å². The molecule has 1 atom stereocenters. The Hall–Kier alpha value is -1.45. The maximum atomic E-state index is 5.91. The summed E-state index contributed by atoms with van der Waals surface area (Å²) in [6.45, 7) is 0.460. The molecule has 1 aromatic carbocycles. The van der Waals surface area contributed by atoms with E-state index in [1.807, 2.05) is 30.5 Å². The summed E-state index contributed by atoms with van der Waals surface area (Å²) >= 11 is 0. The van der Waals surface area contributed by atoms with E-state index in [4.69, 9.17) is 11.5 Å². The smallest absolute Gasteiger partial charge is 0.0425 e. The second-order valence-electron chi connectivity index (χ2n) is 3.29. The van der Waals surface area contributed by atoms with Gasteiger partial charge in [-0.2, -0.15) is 0 Å². The number of fused-ring (bicyclic) bond motifs is 1. The molecule has 0 spiro atoms. The van der Waals surface area contributed by atoms with Crippen LogP contribution in [-0.4, -0.2) is 11.5 Å². The molecule has 14 heavy (non-hydrogen) atoms. The SMILES string of the molecule is NC[C@H](N)c1cccc2cnccc12. The maximum Gasteiger partial charge on any atom is 0.0425 e. The molecule has 0 saturated heterocycles. The number of rotatable bonds is 2. The molecular weight excluding hydrogens is 174 g/mol. The van der Waals surface area contributed by atoms with Crippen molar-refractivity contribution >= 4 is 10.8 Å². The molecule has 0 bridgehead atoms. The van der Waals surface area contributed by atoms with Gasteiger partial charge in [-0.3, -0.25) is 4.98 Å². The van der Waals surface area contributed by atoms with E-state index >= 15 is 0 Å². The van der Waals surface area contributed by atoms with E-state index in [-0.39, 0.29) is 6.04 Å². The van der Waals surface area contributed by atoms with Crippen LogP contribution in [0.5, 0.6) is 0 Å². The first kappa shape index (κ1) is 9.12. The molecule has 0 aliphatic carbocycles. The lowest BCUT2D eigenvalue weighted by Gasteiger charge is -2.11. The first-order valence-electron chi connectivity index (χ1n) is 4.61. The van der Waals surface area contributed by atoms with Crippen molar-refractivity contribution in [1.82, 2.24) is 4.98 Å². The van der Waals surface area contributed by atoms with Crippen molar-refractivity contribution in [2.75, 3.05) is 6.54 Å². The van der Waals surface area contributed by atoms with Gasteiger partial charge in [-0.15, -0.1) is 0 Å². The number of nitrogens with two attached hydrogens (primary N) is 2. The molecule has 0 saturated carbocycles. The predicted molar refractivity (Wildman–Crippen MR) is 57.7 cm³/mol. The number of aromatic nitrogens is 1. The summed E-state index contributed by atoms with van der Waals surface area (Å²) in [7, 11) is 0. The fourth-order valence-electron chi connectivity index (χ4n) is 1.60. The maximum absolute atomic E-state index is 5.91. The van der Waals surface area contributed by atoms with E-state index in [0.717, 1.165) is 16.3 Å². The number of pyridine rings is 1. The van der Waals surface area contributed by atoms with Gasteiger partial charge in [-0.25, -0.2) is 0 Å². The normalized spacial score (nSPS) is 13.0. The third-order valence-electron chi connectivity index (χ3n) is 2.37. The minimum atomic E-state index is -0.0962. The largest absolute Gasteiger partial charge is 0.329 e. The molecule has 0 unspecified atom stereocenters. The van der Waals surface area contributed by atoms with E-state index < -0.39 is 0 Å². The fourth-order valence-corrected chi connectivity index (χ4v) is 1.60. The third-order valence-corrected chi connectivity index (χ3v) is 2.37. The summed E-state index contributed by atoms with van der Waals surface area (Å²) in [5.41, 5.74) is 12.6. The van der Waals surface area contributed by atoms with E-state index in [9.17, 15) is 0 Å². The number of benzene rings is 1. The number of hydrogen-bond donors (Lipinski definition) is 2. The van der Waals surface area contributed by atoms with Crippen molar-refractivity contribution in [1.29, 1.82) is 0 Å². The Bertz CT molecular complexity index is 434. The summed E-state index contributed by atoms with van der Waals surface area (Å²) in [5.74, 6) is 0. The van der Waals surface area contributed by atoms with Crippen molar-refractivity contribution in [2.45, 2.75) is 6.04 Å². The molecule has 0 fully saturated rings. The van der Waals surface area contributed by atoms with Crippen molar-refractivity contribution in [3.63, 3.8) is 0 Å². The Balaban J connectivity index is 2.65. The lowest BCUT2D eigenvalue weighted by molar-refractivity contribution is 0.743. The Morgan fingerprint density at radius 2 is 2.14 bits per heavy atom. The van der Waals surface area contributed by atoms with E-state index in [2.05, 4.69) is 4.98 Å². The summed E-state index contributed by atoms with van der Waals surface area (Å²) in [6, 6.07) is 7.89. The summed E-state index contributed by atoms with van der Waals surface area (Å²) in [5, 5.41) is 2.24. The summed E-state index contributed by atoms with van der Waals surface area (Å²) < 4.78 is 0. The summed E-state index contributed by atoms with van der Waals surface area (Å²) in [6.07, 6.45) is 3.61. The molecular formula is C11H13N3. The lowest BCUT2D eigenvalue weighted by atomic mass is 10.0. The Morgan fingerprint density at radius 3 is 2.93 bits per heavy atom. The Kier molecular flexibility index (Phi) is 2.43. The minimum absolute atomic E-state index is 0.0962.